The molecular weight excluding hydrogens is 296 g/mol. The highest BCUT2D eigenvalue weighted by molar-refractivity contribution is 5.85. The number of hydrogen-bond donors (Lipinski definition) is 2. The van der Waals surface area contributed by atoms with Gasteiger partial charge >= 0.3 is 0 Å². The minimum absolute atomic E-state index is 0.0902. The van der Waals surface area contributed by atoms with Gasteiger partial charge in [0.05, 0.1) is 12.8 Å². The molecule has 0 saturated carbocycles. The third-order valence-corrected chi connectivity index (χ3v) is 2.84. The molecular formula is C17H18N2O4. The fourth-order valence-electron chi connectivity index (χ4n) is 1.79. The average molecular weight is 314 g/mol. The molecule has 0 radical (unpaired) electrons. The first-order chi connectivity index (χ1) is 11.2. The van der Waals surface area contributed by atoms with Gasteiger partial charge in [0.15, 0.2) is 18.1 Å². The summed E-state index contributed by atoms with van der Waals surface area (Å²) in [5.74, 6) is 0.755. The number of nitrogens with one attached hydrogen (secondary N) is 1. The Morgan fingerprint density at radius 3 is 2.48 bits per heavy atom. The zero-order valence-electron chi connectivity index (χ0n) is 12.7. The minimum atomic E-state index is -0.414. The number of carbonyl (C=O) groups excluding carboxylic acids is 1. The SMILES string of the molecule is CCOc1ccccc1OCC(=O)N/N=C/c1ccccc1O. The molecule has 1 amide bonds. The van der Waals surface area contributed by atoms with E-state index >= 15 is 0 Å². The van der Waals surface area contributed by atoms with Crippen molar-refractivity contribution in [2.75, 3.05) is 13.2 Å². The number of benzene rings is 2. The van der Waals surface area contributed by atoms with Gasteiger partial charge in [-0.05, 0) is 31.2 Å². The molecule has 6 heteroatoms. The monoisotopic (exact) mass is 314 g/mol. The molecule has 2 aromatic carbocycles. The van der Waals surface area contributed by atoms with Crippen LogP contribution >= 0.6 is 0 Å². The van der Waals surface area contributed by atoms with Crippen LogP contribution in [-0.4, -0.2) is 30.4 Å². The van der Waals surface area contributed by atoms with E-state index in [2.05, 4.69) is 10.5 Å². The van der Waals surface area contributed by atoms with Crippen LogP contribution in [0.2, 0.25) is 0 Å². The van der Waals surface area contributed by atoms with Crippen molar-refractivity contribution in [3.05, 3.63) is 54.1 Å². The summed E-state index contributed by atoms with van der Waals surface area (Å²) in [5, 5.41) is 13.3. The maximum absolute atomic E-state index is 11.7. The first kappa shape index (κ1) is 16.4. The fraction of sp³-hybridized carbons (Fsp3) is 0.176. The van der Waals surface area contributed by atoms with E-state index in [1.807, 2.05) is 13.0 Å². The van der Waals surface area contributed by atoms with Gasteiger partial charge in [-0.3, -0.25) is 4.79 Å². The number of hydrazone groups is 1. The summed E-state index contributed by atoms with van der Waals surface area (Å²) >= 11 is 0. The maximum Gasteiger partial charge on any atom is 0.277 e. The predicted octanol–water partition coefficient (Wildman–Crippen LogP) is 2.32. The van der Waals surface area contributed by atoms with Gasteiger partial charge in [-0.25, -0.2) is 5.43 Å². The summed E-state index contributed by atoms with van der Waals surface area (Å²) < 4.78 is 10.8. The molecule has 6 nitrogen and oxygen atoms in total. The second-order valence-corrected chi connectivity index (χ2v) is 4.52. The molecule has 2 N–H and O–H groups in total. The normalized spacial score (nSPS) is 10.5. The third kappa shape index (κ3) is 5.03. The van der Waals surface area contributed by atoms with E-state index in [-0.39, 0.29) is 12.4 Å². The van der Waals surface area contributed by atoms with E-state index < -0.39 is 5.91 Å². The number of para-hydroxylation sites is 3. The molecule has 120 valence electrons. The van der Waals surface area contributed by atoms with Crippen LogP contribution in [0.4, 0.5) is 0 Å². The van der Waals surface area contributed by atoms with E-state index in [0.29, 0.717) is 23.7 Å². The molecule has 23 heavy (non-hydrogen) atoms. The number of phenols is 1. The molecule has 2 rings (SSSR count). The van der Waals surface area contributed by atoms with Gasteiger partial charge < -0.3 is 14.6 Å². The van der Waals surface area contributed by atoms with Crippen LogP contribution in [0.15, 0.2) is 53.6 Å². The van der Waals surface area contributed by atoms with Gasteiger partial charge in [0.1, 0.15) is 5.75 Å². The number of amides is 1. The van der Waals surface area contributed by atoms with Gasteiger partial charge in [-0.1, -0.05) is 24.3 Å². The van der Waals surface area contributed by atoms with Crippen molar-refractivity contribution in [3.8, 4) is 17.2 Å². The lowest BCUT2D eigenvalue weighted by Crippen LogP contribution is -2.24. The van der Waals surface area contributed by atoms with Gasteiger partial charge in [0.2, 0.25) is 0 Å². The Morgan fingerprint density at radius 2 is 1.78 bits per heavy atom. The van der Waals surface area contributed by atoms with Crippen LogP contribution in [0.3, 0.4) is 0 Å². The Hall–Kier alpha value is -3.02. The zero-order valence-corrected chi connectivity index (χ0v) is 12.7. The molecule has 0 aliphatic heterocycles. The highest BCUT2D eigenvalue weighted by atomic mass is 16.5. The molecule has 0 aromatic heterocycles. The van der Waals surface area contributed by atoms with Crippen molar-refractivity contribution in [2.45, 2.75) is 6.92 Å². The molecule has 0 aliphatic carbocycles. The molecule has 0 saturated heterocycles. The Morgan fingerprint density at radius 1 is 1.13 bits per heavy atom. The Kier molecular flexibility index (Phi) is 5.99. The summed E-state index contributed by atoms with van der Waals surface area (Å²) in [6, 6.07) is 13.8. The maximum atomic E-state index is 11.7. The molecule has 0 fully saturated rings. The molecule has 0 atom stereocenters. The highest BCUT2D eigenvalue weighted by Gasteiger charge is 2.06. The lowest BCUT2D eigenvalue weighted by molar-refractivity contribution is -0.123. The lowest BCUT2D eigenvalue weighted by atomic mass is 10.2. The first-order valence-corrected chi connectivity index (χ1v) is 7.15. The van der Waals surface area contributed by atoms with Crippen molar-refractivity contribution in [1.29, 1.82) is 0 Å². The van der Waals surface area contributed by atoms with Crippen molar-refractivity contribution in [2.24, 2.45) is 5.10 Å². The Balaban J connectivity index is 1.85. The Labute approximate surface area is 134 Å². The molecule has 0 aliphatic rings. The van der Waals surface area contributed by atoms with E-state index in [1.165, 1.54) is 12.3 Å². The van der Waals surface area contributed by atoms with Crippen molar-refractivity contribution in [1.82, 2.24) is 5.43 Å². The van der Waals surface area contributed by atoms with Crippen LogP contribution < -0.4 is 14.9 Å². The van der Waals surface area contributed by atoms with Gasteiger partial charge in [0.25, 0.3) is 5.91 Å². The highest BCUT2D eigenvalue weighted by Crippen LogP contribution is 2.26. The number of ether oxygens (including phenoxy) is 2. The summed E-state index contributed by atoms with van der Waals surface area (Å²) in [7, 11) is 0. The van der Waals surface area contributed by atoms with Gasteiger partial charge in [-0.2, -0.15) is 5.10 Å². The van der Waals surface area contributed by atoms with Crippen molar-refractivity contribution < 1.29 is 19.4 Å². The van der Waals surface area contributed by atoms with Gasteiger partial charge in [-0.15, -0.1) is 0 Å². The second kappa shape index (κ2) is 8.43. The average Bonchev–Trinajstić information content (AvgIpc) is 2.56. The third-order valence-electron chi connectivity index (χ3n) is 2.84. The predicted molar refractivity (Wildman–Crippen MR) is 86.9 cm³/mol. The zero-order chi connectivity index (χ0) is 16.5. The van der Waals surface area contributed by atoms with Crippen LogP contribution in [0.5, 0.6) is 17.2 Å². The van der Waals surface area contributed by atoms with Crippen molar-refractivity contribution >= 4 is 12.1 Å². The lowest BCUT2D eigenvalue weighted by Gasteiger charge is -2.10. The van der Waals surface area contributed by atoms with E-state index in [0.717, 1.165) is 0 Å². The smallest absolute Gasteiger partial charge is 0.277 e. The quantitative estimate of drug-likeness (QED) is 0.607. The second-order valence-electron chi connectivity index (χ2n) is 4.52. The van der Waals surface area contributed by atoms with Crippen LogP contribution in [0, 0.1) is 0 Å². The number of nitrogens with zero attached hydrogens (tertiary/aromatic N) is 1. The molecule has 0 heterocycles. The van der Waals surface area contributed by atoms with Gasteiger partial charge in [0, 0.05) is 5.56 Å². The minimum Gasteiger partial charge on any atom is -0.507 e. The molecule has 2 aromatic rings. The largest absolute Gasteiger partial charge is 0.507 e. The first-order valence-electron chi connectivity index (χ1n) is 7.15. The fourth-order valence-corrected chi connectivity index (χ4v) is 1.79. The summed E-state index contributed by atoms with van der Waals surface area (Å²) in [6.07, 6.45) is 1.36. The number of hydrogen-bond acceptors (Lipinski definition) is 5. The van der Waals surface area contributed by atoms with Crippen LogP contribution in [-0.2, 0) is 4.79 Å². The molecule has 0 bridgehead atoms. The Bertz CT molecular complexity index is 686. The summed E-state index contributed by atoms with van der Waals surface area (Å²) in [4.78, 5) is 11.7. The molecule has 0 spiro atoms. The van der Waals surface area contributed by atoms with E-state index in [4.69, 9.17) is 9.47 Å². The van der Waals surface area contributed by atoms with Crippen molar-refractivity contribution in [3.63, 3.8) is 0 Å². The summed E-state index contributed by atoms with van der Waals surface area (Å²) in [5.41, 5.74) is 2.84. The molecule has 0 unspecified atom stereocenters. The standard InChI is InChI=1S/C17H18N2O4/c1-2-22-15-9-5-6-10-16(15)23-12-17(21)19-18-11-13-7-3-4-8-14(13)20/h3-11,20H,2,12H2,1H3,(H,19,21)/b18-11+. The number of carbonyl (C=O) groups is 1. The van der Waals surface area contributed by atoms with E-state index in [1.54, 1.807) is 36.4 Å². The van der Waals surface area contributed by atoms with Crippen LogP contribution in [0.1, 0.15) is 12.5 Å². The van der Waals surface area contributed by atoms with Crippen LogP contribution in [0.25, 0.3) is 0 Å². The number of rotatable bonds is 7. The summed E-state index contributed by atoms with van der Waals surface area (Å²) in [6.45, 7) is 2.19. The topological polar surface area (TPSA) is 80.2 Å². The number of aromatic hydroxyl groups is 1. The van der Waals surface area contributed by atoms with E-state index in [9.17, 15) is 9.90 Å². The number of phenolic OH excluding ortho intramolecular Hbond substituents is 1.